The number of pyridine rings is 3. The Balaban J connectivity index is 0.000000279. The fourth-order valence-electron chi connectivity index (χ4n) is 5.30. The van der Waals surface area contributed by atoms with Crippen LogP contribution in [0.2, 0.25) is 0 Å². The Kier molecular flexibility index (Phi) is 11.1. The van der Waals surface area contributed by atoms with Crippen LogP contribution in [0, 0.1) is 26.6 Å². The van der Waals surface area contributed by atoms with E-state index in [9.17, 15) is 18.0 Å². The van der Waals surface area contributed by atoms with Crippen molar-refractivity contribution >= 4 is 28.5 Å². The van der Waals surface area contributed by atoms with Crippen molar-refractivity contribution in [3.8, 4) is 17.1 Å². The fraction of sp³-hybridized carbons (Fsp3) is 0.548. The summed E-state index contributed by atoms with van der Waals surface area (Å²) in [6.45, 7) is 11.4. The van der Waals surface area contributed by atoms with Gasteiger partial charge in [0.15, 0.2) is 5.82 Å². The third-order valence-corrected chi connectivity index (χ3v) is 7.38. The number of amides is 1. The van der Waals surface area contributed by atoms with Crippen molar-refractivity contribution < 1.29 is 36.6 Å². The number of nitrogens with zero attached hydrogens (tertiary/aromatic N) is 4. The van der Waals surface area contributed by atoms with E-state index in [1.54, 1.807) is 21.0 Å². The Hall–Kier alpha value is -3.94. The van der Waals surface area contributed by atoms with E-state index >= 15 is 4.39 Å². The van der Waals surface area contributed by atoms with Gasteiger partial charge in [0, 0.05) is 30.3 Å². The standard InChI is InChI=1S/C18H17F4N5O.C13H25NO3/c1-6-7(2)26-16(24)12-11(6)14(19)15(27-17(12)28-4)9-5-10(23)25-8(3)13(9)18(20,21)22;1-13(2,3)17-12(15)14-9-7-5-6-8-11(14)10-16-4/h5H,1-4H3,(H2,23,25)(H2,24,26);11H,5-10H2,1-4H3. The fourth-order valence-corrected chi connectivity index (χ4v) is 5.30. The number of aromatic nitrogens is 3. The predicted octanol–water partition coefficient (Wildman–Crippen LogP) is 6.76. The summed E-state index contributed by atoms with van der Waals surface area (Å²) in [5.41, 5.74) is 9.37. The highest BCUT2D eigenvalue weighted by Gasteiger charge is 2.38. The van der Waals surface area contributed by atoms with E-state index in [2.05, 4.69) is 15.0 Å². The van der Waals surface area contributed by atoms with Gasteiger partial charge in [-0.15, -0.1) is 0 Å². The zero-order valence-electron chi connectivity index (χ0n) is 27.0. The Morgan fingerprint density at radius 3 is 2.24 bits per heavy atom. The Morgan fingerprint density at radius 2 is 1.67 bits per heavy atom. The number of aryl methyl sites for hydroxylation is 3. The predicted molar refractivity (Wildman–Crippen MR) is 164 cm³/mol. The molecule has 1 amide bonds. The van der Waals surface area contributed by atoms with Crippen LogP contribution in [0.15, 0.2) is 6.07 Å². The Labute approximate surface area is 260 Å². The van der Waals surface area contributed by atoms with Crippen LogP contribution in [-0.2, 0) is 15.7 Å². The molecule has 4 heterocycles. The normalized spacial score (nSPS) is 15.7. The minimum atomic E-state index is -4.79. The zero-order chi connectivity index (χ0) is 33.9. The lowest BCUT2D eigenvalue weighted by Crippen LogP contribution is -2.45. The molecule has 0 aromatic carbocycles. The average Bonchev–Trinajstić information content (AvgIpc) is 3.15. The number of nitrogens with two attached hydrogens (primary N) is 2. The first-order valence-electron chi connectivity index (χ1n) is 14.5. The number of alkyl halides is 3. The number of likely N-dealkylation sites (tertiary alicyclic amines) is 1. The second kappa shape index (κ2) is 14.0. The van der Waals surface area contributed by atoms with Gasteiger partial charge in [-0.3, -0.25) is 0 Å². The topological polar surface area (TPSA) is 139 Å². The number of nitrogen functional groups attached to an aromatic ring is 2. The van der Waals surface area contributed by atoms with Crippen molar-refractivity contribution in [2.45, 2.75) is 85.0 Å². The van der Waals surface area contributed by atoms with Gasteiger partial charge in [-0.05, 0) is 66.0 Å². The lowest BCUT2D eigenvalue weighted by molar-refractivity contribution is -0.137. The van der Waals surface area contributed by atoms with Gasteiger partial charge in [-0.25, -0.2) is 24.1 Å². The summed E-state index contributed by atoms with van der Waals surface area (Å²) in [6, 6.07) is 1.11. The van der Waals surface area contributed by atoms with Crippen LogP contribution in [0.4, 0.5) is 34.0 Å². The van der Waals surface area contributed by atoms with Crippen LogP contribution in [0.5, 0.6) is 5.88 Å². The molecule has 14 heteroatoms. The summed E-state index contributed by atoms with van der Waals surface area (Å²) < 4.78 is 72.3. The molecule has 10 nitrogen and oxygen atoms in total. The summed E-state index contributed by atoms with van der Waals surface area (Å²) in [4.78, 5) is 25.7. The molecule has 0 saturated carbocycles. The van der Waals surface area contributed by atoms with Gasteiger partial charge < -0.3 is 30.6 Å². The van der Waals surface area contributed by atoms with Crippen molar-refractivity contribution in [3.63, 3.8) is 0 Å². The van der Waals surface area contributed by atoms with Crippen LogP contribution in [-0.4, -0.2) is 65.0 Å². The van der Waals surface area contributed by atoms with Crippen LogP contribution in [0.25, 0.3) is 22.0 Å². The Bertz CT molecular complexity index is 1540. The molecule has 4 rings (SSSR count). The summed E-state index contributed by atoms with van der Waals surface area (Å²) >= 11 is 0. The first-order chi connectivity index (χ1) is 20.9. The highest BCUT2D eigenvalue weighted by Crippen LogP contribution is 2.43. The number of anilines is 2. The lowest BCUT2D eigenvalue weighted by Gasteiger charge is -2.31. The van der Waals surface area contributed by atoms with Crippen molar-refractivity contribution in [3.05, 3.63) is 34.4 Å². The highest BCUT2D eigenvalue weighted by atomic mass is 19.4. The minimum Gasteiger partial charge on any atom is -0.480 e. The molecule has 45 heavy (non-hydrogen) atoms. The summed E-state index contributed by atoms with van der Waals surface area (Å²) in [6.07, 6.45) is -0.598. The van der Waals surface area contributed by atoms with Crippen molar-refractivity contribution in [2.75, 3.05) is 38.8 Å². The molecular weight excluding hydrogens is 596 g/mol. The summed E-state index contributed by atoms with van der Waals surface area (Å²) in [5, 5.41) is 0.0900. The smallest absolute Gasteiger partial charge is 0.418 e. The number of halogens is 4. The van der Waals surface area contributed by atoms with E-state index in [-0.39, 0.29) is 46.1 Å². The highest BCUT2D eigenvalue weighted by molar-refractivity contribution is 6.00. The molecule has 0 spiro atoms. The van der Waals surface area contributed by atoms with Gasteiger partial charge in [0.2, 0.25) is 5.88 Å². The maximum Gasteiger partial charge on any atom is 0.418 e. The monoisotopic (exact) mass is 638 g/mol. The number of ether oxygens (including phenoxy) is 3. The van der Waals surface area contributed by atoms with Gasteiger partial charge in [0.1, 0.15) is 22.9 Å². The first kappa shape index (κ1) is 35.5. The quantitative estimate of drug-likeness (QED) is 0.297. The maximum atomic E-state index is 15.5. The van der Waals surface area contributed by atoms with Gasteiger partial charge >= 0.3 is 12.3 Å². The van der Waals surface area contributed by atoms with E-state index in [1.165, 1.54) is 13.5 Å². The molecule has 248 valence electrons. The number of hydrogen-bond donors (Lipinski definition) is 2. The molecule has 3 aromatic rings. The third-order valence-electron chi connectivity index (χ3n) is 7.38. The molecular formula is C31H42F4N6O4. The largest absolute Gasteiger partial charge is 0.480 e. The molecule has 1 saturated heterocycles. The molecule has 1 aliphatic rings. The summed E-state index contributed by atoms with van der Waals surface area (Å²) in [5.74, 6) is -1.33. The second-order valence-corrected chi connectivity index (χ2v) is 11.9. The van der Waals surface area contributed by atoms with E-state index in [1.807, 2.05) is 25.7 Å². The van der Waals surface area contributed by atoms with E-state index < -0.39 is 34.4 Å². The van der Waals surface area contributed by atoms with Gasteiger partial charge in [0.25, 0.3) is 0 Å². The van der Waals surface area contributed by atoms with Crippen LogP contribution < -0.4 is 16.2 Å². The van der Waals surface area contributed by atoms with Crippen LogP contribution in [0.3, 0.4) is 0 Å². The second-order valence-electron chi connectivity index (χ2n) is 11.9. The average molecular weight is 639 g/mol. The Morgan fingerprint density at radius 1 is 1.00 bits per heavy atom. The molecule has 0 bridgehead atoms. The third kappa shape index (κ3) is 8.21. The van der Waals surface area contributed by atoms with Gasteiger partial charge in [0.05, 0.1) is 36.4 Å². The van der Waals surface area contributed by atoms with Crippen molar-refractivity contribution in [1.29, 1.82) is 0 Å². The number of carbonyl (C=O) groups excluding carboxylic acids is 1. The van der Waals surface area contributed by atoms with Crippen molar-refractivity contribution in [2.24, 2.45) is 0 Å². The molecule has 1 aliphatic heterocycles. The lowest BCUT2D eigenvalue weighted by atomic mass is 9.98. The van der Waals surface area contributed by atoms with Gasteiger partial charge in [-0.1, -0.05) is 12.8 Å². The number of carbonyl (C=O) groups is 1. The van der Waals surface area contributed by atoms with E-state index in [0.29, 0.717) is 17.9 Å². The zero-order valence-corrected chi connectivity index (χ0v) is 27.0. The number of rotatable bonds is 4. The van der Waals surface area contributed by atoms with E-state index in [0.717, 1.165) is 38.8 Å². The number of hydrogen-bond acceptors (Lipinski definition) is 9. The summed E-state index contributed by atoms with van der Waals surface area (Å²) in [7, 11) is 2.94. The maximum absolute atomic E-state index is 15.5. The molecule has 1 unspecified atom stereocenters. The molecule has 1 atom stereocenters. The SMILES string of the molecule is COCC1CCCCCN1C(=O)OC(C)(C)C.COc1nc(-c2cc(N)nc(C)c2C(F)(F)F)c(F)c2c(C)c(C)nc(N)c12. The van der Waals surface area contributed by atoms with Gasteiger partial charge in [-0.2, -0.15) is 13.2 Å². The first-order valence-corrected chi connectivity index (χ1v) is 14.5. The van der Waals surface area contributed by atoms with Crippen LogP contribution in [0.1, 0.15) is 69.0 Å². The molecule has 1 fully saturated rings. The van der Waals surface area contributed by atoms with E-state index in [4.69, 9.17) is 25.7 Å². The number of fused-ring (bicyclic) bond motifs is 1. The van der Waals surface area contributed by atoms with Crippen LogP contribution >= 0.6 is 0 Å². The van der Waals surface area contributed by atoms with Crippen molar-refractivity contribution in [1.82, 2.24) is 19.9 Å². The minimum absolute atomic E-state index is 0.00647. The molecule has 4 N–H and O–H groups in total. The molecule has 3 aromatic heterocycles. The number of methoxy groups -OCH3 is 2. The molecule has 0 radical (unpaired) electrons. The molecule has 0 aliphatic carbocycles.